The van der Waals surface area contributed by atoms with Gasteiger partial charge < -0.3 is 14.4 Å². The minimum Gasteiger partial charge on any atom is -0.378 e. The monoisotopic (exact) mass is 346 g/mol. The maximum absolute atomic E-state index is 12.8. The highest BCUT2D eigenvalue weighted by Crippen LogP contribution is 2.37. The van der Waals surface area contributed by atoms with Gasteiger partial charge in [-0.1, -0.05) is 0 Å². The molecule has 1 atom stereocenters. The Morgan fingerprint density at radius 2 is 2.25 bits per heavy atom. The standard InChI is InChI=1S/C18H22N2O3S/c1-22-16-3-2-10-23-18(16)6-8-20(9-7-18)17(21)13-4-5-14-15(11-13)24-12-19-14/h4-5,11-12,16H,2-3,6-10H2,1H3/t16-/m0/s1. The third-order valence-electron chi connectivity index (χ3n) is 5.35. The van der Waals surface area contributed by atoms with Crippen molar-refractivity contribution in [2.24, 2.45) is 0 Å². The lowest BCUT2D eigenvalue weighted by Crippen LogP contribution is -2.56. The Labute approximate surface area is 145 Å². The van der Waals surface area contributed by atoms with Crippen molar-refractivity contribution in [3.05, 3.63) is 29.3 Å². The molecule has 6 heteroatoms. The van der Waals surface area contributed by atoms with Gasteiger partial charge >= 0.3 is 0 Å². The van der Waals surface area contributed by atoms with Crippen molar-refractivity contribution < 1.29 is 14.3 Å². The summed E-state index contributed by atoms with van der Waals surface area (Å²) in [5, 5.41) is 0. The molecule has 2 fully saturated rings. The number of piperidine rings is 1. The molecule has 24 heavy (non-hydrogen) atoms. The molecule has 0 aliphatic carbocycles. The SMILES string of the molecule is CO[C@H]1CCCOC12CCN(C(=O)c1ccc3ncsc3c1)CC2. The van der Waals surface area contributed by atoms with Crippen LogP contribution in [0.25, 0.3) is 10.2 Å². The highest BCUT2D eigenvalue weighted by molar-refractivity contribution is 7.16. The van der Waals surface area contributed by atoms with E-state index in [1.165, 1.54) is 0 Å². The van der Waals surface area contributed by atoms with E-state index < -0.39 is 0 Å². The van der Waals surface area contributed by atoms with E-state index in [9.17, 15) is 4.79 Å². The van der Waals surface area contributed by atoms with Crippen molar-refractivity contribution in [2.45, 2.75) is 37.4 Å². The number of thiazole rings is 1. The lowest BCUT2D eigenvalue weighted by atomic mass is 9.81. The molecule has 2 saturated heterocycles. The Bertz CT molecular complexity index is 737. The van der Waals surface area contributed by atoms with Crippen LogP contribution in [0.4, 0.5) is 0 Å². The zero-order valence-corrected chi connectivity index (χ0v) is 14.7. The van der Waals surface area contributed by atoms with E-state index in [1.54, 1.807) is 18.4 Å². The number of ether oxygens (including phenoxy) is 2. The number of rotatable bonds is 2. The number of amides is 1. The smallest absolute Gasteiger partial charge is 0.253 e. The second-order valence-electron chi connectivity index (χ2n) is 6.61. The summed E-state index contributed by atoms with van der Waals surface area (Å²) in [6.45, 7) is 2.24. The fraction of sp³-hybridized carbons (Fsp3) is 0.556. The van der Waals surface area contributed by atoms with Crippen LogP contribution < -0.4 is 0 Å². The molecule has 0 saturated carbocycles. The number of carbonyl (C=O) groups excluding carboxylic acids is 1. The topological polar surface area (TPSA) is 51.7 Å². The largest absolute Gasteiger partial charge is 0.378 e. The van der Waals surface area contributed by atoms with Gasteiger partial charge in [0.15, 0.2) is 0 Å². The van der Waals surface area contributed by atoms with E-state index in [2.05, 4.69) is 4.98 Å². The summed E-state index contributed by atoms with van der Waals surface area (Å²) >= 11 is 1.57. The quantitative estimate of drug-likeness (QED) is 0.838. The van der Waals surface area contributed by atoms with Gasteiger partial charge in [-0.3, -0.25) is 4.79 Å². The van der Waals surface area contributed by atoms with E-state index in [0.29, 0.717) is 0 Å². The van der Waals surface area contributed by atoms with E-state index in [-0.39, 0.29) is 17.6 Å². The molecule has 128 valence electrons. The van der Waals surface area contributed by atoms with Gasteiger partial charge in [0.05, 0.1) is 27.4 Å². The number of fused-ring (bicyclic) bond motifs is 1. The summed E-state index contributed by atoms with van der Waals surface area (Å²) < 4.78 is 12.9. The van der Waals surface area contributed by atoms with Crippen molar-refractivity contribution in [1.82, 2.24) is 9.88 Å². The second-order valence-corrected chi connectivity index (χ2v) is 7.49. The van der Waals surface area contributed by atoms with Crippen LogP contribution in [0, 0.1) is 0 Å². The fourth-order valence-corrected chi connectivity index (χ4v) is 4.67. The first-order valence-corrected chi connectivity index (χ1v) is 9.39. The number of aromatic nitrogens is 1. The number of benzene rings is 1. The van der Waals surface area contributed by atoms with Gasteiger partial charge in [0.25, 0.3) is 5.91 Å². The minimum absolute atomic E-state index is 0.102. The Balaban J connectivity index is 1.47. The van der Waals surface area contributed by atoms with Crippen LogP contribution >= 0.6 is 11.3 Å². The maximum atomic E-state index is 12.8. The van der Waals surface area contributed by atoms with Crippen molar-refractivity contribution in [1.29, 1.82) is 0 Å². The van der Waals surface area contributed by atoms with Crippen molar-refractivity contribution in [3.8, 4) is 0 Å². The number of likely N-dealkylation sites (tertiary alicyclic amines) is 1. The summed E-state index contributed by atoms with van der Waals surface area (Å²) in [6, 6.07) is 5.76. The zero-order chi connectivity index (χ0) is 16.6. The zero-order valence-electron chi connectivity index (χ0n) is 13.9. The van der Waals surface area contributed by atoms with Crippen LogP contribution in [0.5, 0.6) is 0 Å². The summed E-state index contributed by atoms with van der Waals surface area (Å²) in [6.07, 6.45) is 3.95. The molecule has 0 radical (unpaired) electrons. The lowest BCUT2D eigenvalue weighted by Gasteiger charge is -2.48. The van der Waals surface area contributed by atoms with E-state index in [0.717, 1.165) is 61.2 Å². The van der Waals surface area contributed by atoms with E-state index >= 15 is 0 Å². The van der Waals surface area contributed by atoms with Gasteiger partial charge in [0, 0.05) is 32.4 Å². The molecule has 4 rings (SSSR count). The summed E-state index contributed by atoms with van der Waals surface area (Å²) in [4.78, 5) is 19.0. The molecule has 1 amide bonds. The molecule has 5 nitrogen and oxygen atoms in total. The summed E-state index contributed by atoms with van der Waals surface area (Å²) in [5.41, 5.74) is 3.31. The Kier molecular flexibility index (Phi) is 4.28. The average Bonchev–Trinajstić information content (AvgIpc) is 3.10. The van der Waals surface area contributed by atoms with Crippen LogP contribution in [-0.2, 0) is 9.47 Å². The normalized spacial score (nSPS) is 23.7. The first kappa shape index (κ1) is 16.0. The van der Waals surface area contributed by atoms with Crippen LogP contribution in [-0.4, -0.2) is 54.3 Å². The summed E-state index contributed by atoms with van der Waals surface area (Å²) in [7, 11) is 1.77. The van der Waals surface area contributed by atoms with Crippen LogP contribution in [0.1, 0.15) is 36.0 Å². The lowest BCUT2D eigenvalue weighted by molar-refractivity contribution is -0.183. The Morgan fingerprint density at radius 1 is 1.42 bits per heavy atom. The first-order chi connectivity index (χ1) is 11.7. The number of hydrogen-bond acceptors (Lipinski definition) is 5. The maximum Gasteiger partial charge on any atom is 0.253 e. The molecule has 2 aromatic rings. The first-order valence-electron chi connectivity index (χ1n) is 8.51. The van der Waals surface area contributed by atoms with E-state index in [4.69, 9.17) is 9.47 Å². The van der Waals surface area contributed by atoms with Crippen molar-refractivity contribution >= 4 is 27.5 Å². The third kappa shape index (κ3) is 2.72. The molecular weight excluding hydrogens is 324 g/mol. The molecule has 2 aliphatic rings. The molecule has 3 heterocycles. The van der Waals surface area contributed by atoms with Crippen LogP contribution in [0.2, 0.25) is 0 Å². The number of nitrogens with zero attached hydrogens (tertiary/aromatic N) is 2. The van der Waals surface area contributed by atoms with Crippen LogP contribution in [0.3, 0.4) is 0 Å². The number of carbonyl (C=O) groups is 1. The predicted molar refractivity (Wildman–Crippen MR) is 93.5 cm³/mol. The Hall–Kier alpha value is -1.50. The molecule has 0 N–H and O–H groups in total. The van der Waals surface area contributed by atoms with E-state index in [1.807, 2.05) is 28.6 Å². The highest BCUT2D eigenvalue weighted by atomic mass is 32.1. The Morgan fingerprint density at radius 3 is 3.04 bits per heavy atom. The average molecular weight is 346 g/mol. The molecule has 1 aromatic carbocycles. The number of methoxy groups -OCH3 is 1. The van der Waals surface area contributed by atoms with Crippen LogP contribution in [0.15, 0.2) is 23.7 Å². The van der Waals surface area contributed by atoms with Gasteiger partial charge in [-0.2, -0.15) is 0 Å². The minimum atomic E-state index is -0.203. The molecule has 1 aromatic heterocycles. The van der Waals surface area contributed by atoms with Gasteiger partial charge in [0.2, 0.25) is 0 Å². The van der Waals surface area contributed by atoms with Gasteiger partial charge in [0.1, 0.15) is 0 Å². The third-order valence-corrected chi connectivity index (χ3v) is 6.14. The van der Waals surface area contributed by atoms with Crippen molar-refractivity contribution in [2.75, 3.05) is 26.8 Å². The molecule has 2 aliphatic heterocycles. The predicted octanol–water partition coefficient (Wildman–Crippen LogP) is 3.10. The number of hydrogen-bond donors (Lipinski definition) is 0. The fourth-order valence-electron chi connectivity index (χ4n) is 3.96. The molecule has 1 spiro atoms. The van der Waals surface area contributed by atoms with Crippen molar-refractivity contribution in [3.63, 3.8) is 0 Å². The van der Waals surface area contributed by atoms with Gasteiger partial charge in [-0.25, -0.2) is 4.98 Å². The molecule has 0 bridgehead atoms. The second kappa shape index (κ2) is 6.43. The highest BCUT2D eigenvalue weighted by Gasteiger charge is 2.45. The molecule has 0 unspecified atom stereocenters. The van der Waals surface area contributed by atoms with Gasteiger partial charge in [-0.15, -0.1) is 11.3 Å². The summed E-state index contributed by atoms with van der Waals surface area (Å²) in [5.74, 6) is 0.102. The van der Waals surface area contributed by atoms with Gasteiger partial charge in [-0.05, 0) is 43.9 Å². The molecular formula is C18H22N2O3S.